The summed E-state index contributed by atoms with van der Waals surface area (Å²) in [6.07, 6.45) is 7.70. The van der Waals surface area contributed by atoms with Crippen molar-refractivity contribution in [1.82, 2.24) is 15.3 Å². The SMILES string of the molecule is C=CC(=O)N[C@H](CC)CCC.CC(=O)c1ccc(C)nc1Oc1cccnc1. The van der Waals surface area contributed by atoms with Crippen molar-refractivity contribution < 1.29 is 14.3 Å². The molecular weight excluding hydrogens is 354 g/mol. The zero-order valence-electron chi connectivity index (χ0n) is 17.1. The molecule has 0 aromatic carbocycles. The van der Waals surface area contributed by atoms with Crippen LogP contribution in [0.4, 0.5) is 0 Å². The molecule has 0 spiro atoms. The molecule has 150 valence electrons. The first-order valence-corrected chi connectivity index (χ1v) is 9.40. The summed E-state index contributed by atoms with van der Waals surface area (Å²) >= 11 is 0. The molecule has 0 saturated carbocycles. The Labute approximate surface area is 167 Å². The number of aromatic nitrogens is 2. The zero-order chi connectivity index (χ0) is 20.9. The lowest BCUT2D eigenvalue weighted by molar-refractivity contribution is -0.117. The zero-order valence-corrected chi connectivity index (χ0v) is 17.1. The van der Waals surface area contributed by atoms with E-state index < -0.39 is 0 Å². The number of nitrogens with zero attached hydrogens (tertiary/aromatic N) is 2. The van der Waals surface area contributed by atoms with E-state index in [-0.39, 0.29) is 11.7 Å². The largest absolute Gasteiger partial charge is 0.437 e. The fraction of sp³-hybridized carbons (Fsp3) is 0.364. The van der Waals surface area contributed by atoms with Gasteiger partial charge in [0, 0.05) is 17.9 Å². The van der Waals surface area contributed by atoms with Crippen molar-refractivity contribution in [3.8, 4) is 11.6 Å². The van der Waals surface area contributed by atoms with Gasteiger partial charge in [0.05, 0.1) is 11.8 Å². The second-order valence-corrected chi connectivity index (χ2v) is 6.26. The normalized spacial score (nSPS) is 10.9. The Kier molecular flexibility index (Phi) is 10.2. The minimum Gasteiger partial charge on any atom is -0.437 e. The molecule has 0 saturated heterocycles. The number of carbonyl (C=O) groups excluding carboxylic acids is 2. The molecule has 2 rings (SSSR count). The molecule has 0 unspecified atom stereocenters. The van der Waals surface area contributed by atoms with Gasteiger partial charge in [-0.3, -0.25) is 14.6 Å². The number of amides is 1. The Bertz CT molecular complexity index is 776. The monoisotopic (exact) mass is 383 g/mol. The van der Waals surface area contributed by atoms with Crippen molar-refractivity contribution >= 4 is 11.7 Å². The Morgan fingerprint density at radius 2 is 2.04 bits per heavy atom. The van der Waals surface area contributed by atoms with Gasteiger partial charge >= 0.3 is 0 Å². The van der Waals surface area contributed by atoms with E-state index in [2.05, 4.69) is 35.7 Å². The Hall–Kier alpha value is -3.02. The average molecular weight is 383 g/mol. The van der Waals surface area contributed by atoms with Crippen LogP contribution in [0.1, 0.15) is 56.1 Å². The number of rotatable bonds is 8. The van der Waals surface area contributed by atoms with Gasteiger partial charge < -0.3 is 10.1 Å². The fourth-order valence-corrected chi connectivity index (χ4v) is 2.38. The van der Waals surface area contributed by atoms with Crippen molar-refractivity contribution in [3.63, 3.8) is 0 Å². The summed E-state index contributed by atoms with van der Waals surface area (Å²) in [6.45, 7) is 10.9. The van der Waals surface area contributed by atoms with Crippen LogP contribution in [-0.2, 0) is 4.79 Å². The number of carbonyl (C=O) groups is 2. The second-order valence-electron chi connectivity index (χ2n) is 6.26. The summed E-state index contributed by atoms with van der Waals surface area (Å²) in [5, 5.41) is 2.86. The summed E-state index contributed by atoms with van der Waals surface area (Å²) in [5.74, 6) is 0.750. The van der Waals surface area contributed by atoms with E-state index in [1.165, 1.54) is 13.0 Å². The lowest BCUT2D eigenvalue weighted by Crippen LogP contribution is -2.32. The highest BCUT2D eigenvalue weighted by molar-refractivity contribution is 5.96. The van der Waals surface area contributed by atoms with E-state index in [0.29, 0.717) is 23.2 Å². The number of pyridine rings is 2. The lowest BCUT2D eigenvalue weighted by Gasteiger charge is -2.13. The van der Waals surface area contributed by atoms with E-state index in [4.69, 9.17) is 4.74 Å². The lowest BCUT2D eigenvalue weighted by atomic mass is 10.1. The molecule has 0 aliphatic heterocycles. The highest BCUT2D eigenvalue weighted by Gasteiger charge is 2.11. The van der Waals surface area contributed by atoms with Crippen LogP contribution in [0, 0.1) is 6.92 Å². The van der Waals surface area contributed by atoms with Crippen LogP contribution in [0.5, 0.6) is 11.6 Å². The Morgan fingerprint density at radius 1 is 1.29 bits per heavy atom. The van der Waals surface area contributed by atoms with Gasteiger partial charge in [-0.2, -0.15) is 0 Å². The summed E-state index contributed by atoms with van der Waals surface area (Å²) in [6, 6.07) is 7.35. The van der Waals surface area contributed by atoms with Crippen molar-refractivity contribution in [2.24, 2.45) is 0 Å². The molecule has 2 aromatic heterocycles. The van der Waals surface area contributed by atoms with Crippen molar-refractivity contribution in [2.75, 3.05) is 0 Å². The number of hydrogen-bond donors (Lipinski definition) is 1. The predicted molar refractivity (Wildman–Crippen MR) is 111 cm³/mol. The summed E-state index contributed by atoms with van der Waals surface area (Å²) in [5.41, 5.74) is 1.27. The van der Waals surface area contributed by atoms with Gasteiger partial charge in [0.15, 0.2) is 5.78 Å². The van der Waals surface area contributed by atoms with Gasteiger partial charge in [0.25, 0.3) is 0 Å². The van der Waals surface area contributed by atoms with Crippen LogP contribution < -0.4 is 10.1 Å². The second kappa shape index (κ2) is 12.4. The van der Waals surface area contributed by atoms with Crippen molar-refractivity contribution in [3.05, 3.63) is 60.6 Å². The molecule has 0 bridgehead atoms. The van der Waals surface area contributed by atoms with Crippen LogP contribution in [0.2, 0.25) is 0 Å². The quantitative estimate of drug-likeness (QED) is 0.530. The topological polar surface area (TPSA) is 81.2 Å². The molecule has 28 heavy (non-hydrogen) atoms. The molecule has 1 amide bonds. The van der Waals surface area contributed by atoms with E-state index in [1.807, 2.05) is 6.92 Å². The maximum Gasteiger partial charge on any atom is 0.243 e. The molecule has 2 aromatic rings. The number of nitrogens with one attached hydrogen (secondary N) is 1. The molecule has 2 heterocycles. The van der Waals surface area contributed by atoms with Gasteiger partial charge in [-0.1, -0.05) is 26.8 Å². The van der Waals surface area contributed by atoms with Crippen LogP contribution in [0.15, 0.2) is 49.3 Å². The third-order valence-corrected chi connectivity index (χ3v) is 3.89. The van der Waals surface area contributed by atoms with E-state index in [0.717, 1.165) is 25.0 Å². The number of hydrogen-bond acceptors (Lipinski definition) is 5. The minimum absolute atomic E-state index is 0.0645. The molecule has 6 nitrogen and oxygen atoms in total. The van der Waals surface area contributed by atoms with E-state index in [1.54, 1.807) is 36.7 Å². The number of aryl methyl sites for hydroxylation is 1. The first-order chi connectivity index (χ1) is 13.4. The van der Waals surface area contributed by atoms with Crippen LogP contribution >= 0.6 is 0 Å². The molecule has 0 aliphatic rings. The third kappa shape index (κ3) is 8.12. The molecule has 0 radical (unpaired) electrons. The summed E-state index contributed by atoms with van der Waals surface area (Å²) in [4.78, 5) is 30.4. The first-order valence-electron chi connectivity index (χ1n) is 9.40. The maximum atomic E-state index is 11.4. The first kappa shape index (κ1) is 23.0. The highest BCUT2D eigenvalue weighted by Crippen LogP contribution is 2.23. The van der Waals surface area contributed by atoms with Gasteiger partial charge in [-0.05, 0) is 57.0 Å². The van der Waals surface area contributed by atoms with Gasteiger partial charge in [-0.25, -0.2) is 4.98 Å². The van der Waals surface area contributed by atoms with E-state index in [9.17, 15) is 9.59 Å². The van der Waals surface area contributed by atoms with Gasteiger partial charge in [0.1, 0.15) is 5.75 Å². The van der Waals surface area contributed by atoms with Crippen molar-refractivity contribution in [2.45, 2.75) is 53.0 Å². The smallest absolute Gasteiger partial charge is 0.243 e. The Morgan fingerprint density at radius 3 is 2.57 bits per heavy atom. The minimum atomic E-state index is -0.0728. The fourth-order valence-electron chi connectivity index (χ4n) is 2.38. The van der Waals surface area contributed by atoms with E-state index >= 15 is 0 Å². The number of ketones is 1. The van der Waals surface area contributed by atoms with Crippen molar-refractivity contribution in [1.29, 1.82) is 0 Å². The van der Waals surface area contributed by atoms with Gasteiger partial charge in [0.2, 0.25) is 11.8 Å². The summed E-state index contributed by atoms with van der Waals surface area (Å²) < 4.78 is 5.56. The highest BCUT2D eigenvalue weighted by atomic mass is 16.5. The standard InChI is InChI=1S/C13H12N2O2.C9H17NO/c1-9-5-6-12(10(2)16)13(15-9)17-11-4-3-7-14-8-11;1-4-7-8(5-2)10-9(11)6-3/h3-8H,1-2H3;6,8H,3-5,7H2,1-2H3,(H,10,11)/t;8-/m.1/s1. The molecule has 0 aliphatic carbocycles. The Balaban J connectivity index is 0.000000311. The number of ether oxygens (including phenoxy) is 1. The maximum absolute atomic E-state index is 11.4. The predicted octanol–water partition coefficient (Wildman–Crippen LogP) is 4.65. The van der Waals surface area contributed by atoms with Crippen LogP contribution in [-0.4, -0.2) is 27.7 Å². The number of Topliss-reactive ketones (excluding diaryl/α,β-unsaturated/α-hetero) is 1. The molecule has 1 atom stereocenters. The summed E-state index contributed by atoms with van der Waals surface area (Å²) in [7, 11) is 0. The van der Waals surface area contributed by atoms with Crippen LogP contribution in [0.25, 0.3) is 0 Å². The third-order valence-electron chi connectivity index (χ3n) is 3.89. The average Bonchev–Trinajstić information content (AvgIpc) is 2.68. The molecular formula is C22H29N3O3. The van der Waals surface area contributed by atoms with Gasteiger partial charge in [-0.15, -0.1) is 0 Å². The van der Waals surface area contributed by atoms with Crippen LogP contribution in [0.3, 0.4) is 0 Å². The molecule has 0 fully saturated rings. The molecule has 1 N–H and O–H groups in total. The molecule has 6 heteroatoms.